The van der Waals surface area contributed by atoms with Crippen molar-refractivity contribution in [3.63, 3.8) is 0 Å². The number of hydrogen-bond donors (Lipinski definition) is 2. The molecule has 3 aromatic rings. The molecule has 3 heterocycles. The summed E-state index contributed by atoms with van der Waals surface area (Å²) in [4.78, 5) is 7.06. The third-order valence-electron chi connectivity index (χ3n) is 3.98. The smallest absolute Gasteiger partial charge is 0.197 e. The Bertz CT molecular complexity index is 799. The summed E-state index contributed by atoms with van der Waals surface area (Å²) in [6.07, 6.45) is 14.6. The maximum absolute atomic E-state index is 5.57. The molecule has 0 atom stereocenters. The van der Waals surface area contributed by atoms with Crippen molar-refractivity contribution in [2.75, 3.05) is 5.73 Å². The second-order valence-corrected chi connectivity index (χ2v) is 6.31. The fourth-order valence-electron chi connectivity index (χ4n) is 2.78. The van der Waals surface area contributed by atoms with E-state index in [-0.39, 0.29) is 0 Å². The standard InChI is InChI=1S/C18H24N6O/c1-14(9-15-7-8-25-13-15)11-24-12-17(22-23-24)6-4-2-3-5-16-10-20-18(19)21-16/h7-10,12-13H,2-6,11H2,1H3,(H3,19,20,21)/b14-9+. The normalized spacial score (nSPS) is 12.0. The van der Waals surface area contributed by atoms with E-state index in [4.69, 9.17) is 10.2 Å². The van der Waals surface area contributed by atoms with E-state index in [2.05, 4.69) is 33.3 Å². The summed E-state index contributed by atoms with van der Waals surface area (Å²) in [6, 6.07) is 1.94. The van der Waals surface area contributed by atoms with Gasteiger partial charge in [0.1, 0.15) is 0 Å². The number of aryl methyl sites for hydroxylation is 2. The maximum atomic E-state index is 5.57. The third-order valence-corrected chi connectivity index (χ3v) is 3.98. The van der Waals surface area contributed by atoms with E-state index in [1.165, 1.54) is 5.57 Å². The van der Waals surface area contributed by atoms with Gasteiger partial charge in [0.05, 0.1) is 31.0 Å². The van der Waals surface area contributed by atoms with Crippen molar-refractivity contribution in [2.24, 2.45) is 0 Å². The van der Waals surface area contributed by atoms with E-state index in [9.17, 15) is 0 Å². The minimum atomic E-state index is 0.490. The second-order valence-electron chi connectivity index (χ2n) is 6.31. The van der Waals surface area contributed by atoms with E-state index < -0.39 is 0 Å². The number of H-pyrrole nitrogens is 1. The number of nitrogen functional groups attached to an aromatic ring is 1. The van der Waals surface area contributed by atoms with Gasteiger partial charge in [0.15, 0.2) is 5.95 Å². The SMILES string of the molecule is C/C(=C\c1ccoc1)Cn1cc(CCCCCc2cnc(N)[nH]2)nn1. The second kappa shape index (κ2) is 8.32. The van der Waals surface area contributed by atoms with E-state index in [1.807, 2.05) is 16.9 Å². The number of rotatable bonds is 9. The first-order valence-electron chi connectivity index (χ1n) is 8.57. The molecular formula is C18H24N6O. The summed E-state index contributed by atoms with van der Waals surface area (Å²) >= 11 is 0. The predicted molar refractivity (Wildman–Crippen MR) is 96.6 cm³/mol. The molecule has 3 N–H and O–H groups in total. The van der Waals surface area contributed by atoms with Crippen molar-refractivity contribution >= 4 is 12.0 Å². The van der Waals surface area contributed by atoms with Crippen LogP contribution >= 0.6 is 0 Å². The van der Waals surface area contributed by atoms with Crippen LogP contribution in [0.5, 0.6) is 0 Å². The lowest BCUT2D eigenvalue weighted by Gasteiger charge is -2.00. The Kier molecular flexibility index (Phi) is 5.66. The molecule has 3 rings (SSSR count). The Labute approximate surface area is 146 Å². The van der Waals surface area contributed by atoms with Crippen LogP contribution in [0.2, 0.25) is 0 Å². The molecule has 7 nitrogen and oxygen atoms in total. The van der Waals surface area contributed by atoms with Crippen molar-refractivity contribution in [1.82, 2.24) is 25.0 Å². The van der Waals surface area contributed by atoms with Crippen LogP contribution in [-0.4, -0.2) is 25.0 Å². The van der Waals surface area contributed by atoms with Crippen molar-refractivity contribution in [2.45, 2.75) is 45.6 Å². The van der Waals surface area contributed by atoms with Crippen molar-refractivity contribution < 1.29 is 4.42 Å². The molecule has 25 heavy (non-hydrogen) atoms. The highest BCUT2D eigenvalue weighted by atomic mass is 16.3. The Morgan fingerprint density at radius 2 is 2.20 bits per heavy atom. The average molecular weight is 340 g/mol. The molecule has 3 aromatic heterocycles. The molecule has 0 radical (unpaired) electrons. The molecule has 0 aliphatic heterocycles. The molecule has 0 bridgehead atoms. The van der Waals surface area contributed by atoms with Gasteiger partial charge in [0.25, 0.3) is 0 Å². The molecule has 0 aliphatic rings. The van der Waals surface area contributed by atoms with Crippen LogP contribution in [-0.2, 0) is 19.4 Å². The quantitative estimate of drug-likeness (QED) is 0.583. The number of unbranched alkanes of at least 4 members (excludes halogenated alkanes) is 2. The van der Waals surface area contributed by atoms with E-state index in [0.717, 1.165) is 55.6 Å². The van der Waals surface area contributed by atoms with Gasteiger partial charge in [-0.05, 0) is 38.7 Å². The zero-order valence-corrected chi connectivity index (χ0v) is 14.5. The minimum Gasteiger partial charge on any atom is -0.472 e. The maximum Gasteiger partial charge on any atom is 0.197 e. The average Bonchev–Trinajstić information content (AvgIpc) is 3.31. The van der Waals surface area contributed by atoms with E-state index in [1.54, 1.807) is 18.7 Å². The molecule has 0 saturated heterocycles. The zero-order chi connectivity index (χ0) is 17.5. The largest absolute Gasteiger partial charge is 0.472 e. The fraction of sp³-hybridized carbons (Fsp3) is 0.389. The molecule has 0 aliphatic carbocycles. The van der Waals surface area contributed by atoms with E-state index in [0.29, 0.717) is 5.95 Å². The number of anilines is 1. The number of aromatic nitrogens is 5. The van der Waals surface area contributed by atoms with Gasteiger partial charge in [0, 0.05) is 17.5 Å². The molecule has 132 valence electrons. The summed E-state index contributed by atoms with van der Waals surface area (Å²) < 4.78 is 6.96. The van der Waals surface area contributed by atoms with Crippen molar-refractivity contribution in [3.05, 3.63) is 53.5 Å². The zero-order valence-electron chi connectivity index (χ0n) is 14.5. The first-order chi connectivity index (χ1) is 12.2. The van der Waals surface area contributed by atoms with Crippen LogP contribution in [0.3, 0.4) is 0 Å². The summed E-state index contributed by atoms with van der Waals surface area (Å²) in [5.74, 6) is 0.490. The fourth-order valence-corrected chi connectivity index (χ4v) is 2.78. The first kappa shape index (κ1) is 17.0. The van der Waals surface area contributed by atoms with Crippen molar-refractivity contribution in [1.29, 1.82) is 0 Å². The lowest BCUT2D eigenvalue weighted by atomic mass is 10.1. The Morgan fingerprint density at radius 3 is 2.96 bits per heavy atom. The van der Waals surface area contributed by atoms with Gasteiger partial charge in [0.2, 0.25) is 0 Å². The van der Waals surface area contributed by atoms with Crippen LogP contribution in [0.1, 0.15) is 43.1 Å². The first-order valence-corrected chi connectivity index (χ1v) is 8.57. The van der Waals surface area contributed by atoms with Crippen LogP contribution in [0.15, 0.2) is 41.0 Å². The van der Waals surface area contributed by atoms with Crippen LogP contribution in [0.4, 0.5) is 5.95 Å². The number of aromatic amines is 1. The Balaban J connectivity index is 1.38. The van der Waals surface area contributed by atoms with Gasteiger partial charge in [-0.3, -0.25) is 0 Å². The van der Waals surface area contributed by atoms with Gasteiger partial charge in [-0.25, -0.2) is 9.67 Å². The molecule has 0 aromatic carbocycles. The number of hydrogen-bond acceptors (Lipinski definition) is 5. The molecule has 0 saturated carbocycles. The lowest BCUT2D eigenvalue weighted by Crippen LogP contribution is -1.99. The van der Waals surface area contributed by atoms with Crippen LogP contribution in [0.25, 0.3) is 6.08 Å². The number of nitrogens with zero attached hydrogens (tertiary/aromatic N) is 4. The molecular weight excluding hydrogens is 316 g/mol. The van der Waals surface area contributed by atoms with Crippen molar-refractivity contribution in [3.8, 4) is 0 Å². The number of nitrogens with two attached hydrogens (primary N) is 1. The van der Waals surface area contributed by atoms with Gasteiger partial charge in [-0.1, -0.05) is 23.3 Å². The highest BCUT2D eigenvalue weighted by molar-refractivity contribution is 5.50. The monoisotopic (exact) mass is 340 g/mol. The highest BCUT2D eigenvalue weighted by Crippen LogP contribution is 2.10. The number of allylic oxidation sites excluding steroid dienone is 1. The summed E-state index contributed by atoms with van der Waals surface area (Å²) in [7, 11) is 0. The molecule has 0 fully saturated rings. The van der Waals surface area contributed by atoms with Gasteiger partial charge in [-0.2, -0.15) is 0 Å². The highest BCUT2D eigenvalue weighted by Gasteiger charge is 2.03. The van der Waals surface area contributed by atoms with Crippen LogP contribution < -0.4 is 5.73 Å². The molecule has 0 spiro atoms. The Morgan fingerprint density at radius 1 is 1.32 bits per heavy atom. The predicted octanol–water partition coefficient (Wildman–Crippen LogP) is 3.24. The van der Waals surface area contributed by atoms with Gasteiger partial charge >= 0.3 is 0 Å². The van der Waals surface area contributed by atoms with Gasteiger partial charge in [-0.15, -0.1) is 5.10 Å². The Hall–Kier alpha value is -2.83. The molecule has 0 unspecified atom stereocenters. The summed E-state index contributed by atoms with van der Waals surface area (Å²) in [5.41, 5.74) is 9.98. The summed E-state index contributed by atoms with van der Waals surface area (Å²) in [6.45, 7) is 2.82. The molecule has 7 heteroatoms. The number of imidazole rings is 1. The minimum absolute atomic E-state index is 0.490. The topological polar surface area (TPSA) is 98.6 Å². The molecule has 0 amide bonds. The third kappa shape index (κ3) is 5.34. The van der Waals surface area contributed by atoms with Gasteiger partial charge < -0.3 is 15.1 Å². The lowest BCUT2D eigenvalue weighted by molar-refractivity contribution is 0.566. The summed E-state index contributed by atoms with van der Waals surface area (Å²) in [5, 5.41) is 8.47. The number of furan rings is 1. The van der Waals surface area contributed by atoms with E-state index >= 15 is 0 Å². The van der Waals surface area contributed by atoms with Crippen LogP contribution in [0, 0.1) is 0 Å². The number of nitrogens with one attached hydrogen (secondary N) is 1.